The van der Waals surface area contributed by atoms with Crippen LogP contribution in [0.2, 0.25) is 0 Å². The van der Waals surface area contributed by atoms with Gasteiger partial charge in [-0.3, -0.25) is 0 Å². The first-order valence-electron chi connectivity index (χ1n) is 4.51. The summed E-state index contributed by atoms with van der Waals surface area (Å²) in [5.41, 5.74) is 5.49. The van der Waals surface area contributed by atoms with Gasteiger partial charge in [-0.15, -0.1) is 0 Å². The molecule has 0 aliphatic heterocycles. The fourth-order valence-corrected chi connectivity index (χ4v) is 2.12. The molecule has 0 bridgehead atoms. The molecule has 1 rings (SSSR count). The fourth-order valence-electron chi connectivity index (χ4n) is 2.12. The predicted molar refractivity (Wildman–Crippen MR) is 44.7 cm³/mol. The van der Waals surface area contributed by atoms with Crippen LogP contribution >= 0.6 is 0 Å². The van der Waals surface area contributed by atoms with Gasteiger partial charge in [0.25, 0.3) is 0 Å². The van der Waals surface area contributed by atoms with Crippen molar-refractivity contribution in [2.75, 3.05) is 6.54 Å². The summed E-state index contributed by atoms with van der Waals surface area (Å²) in [5, 5.41) is 0. The average molecular weight is 141 g/mol. The van der Waals surface area contributed by atoms with E-state index < -0.39 is 0 Å². The van der Waals surface area contributed by atoms with Crippen LogP contribution in [0, 0.1) is 17.8 Å². The van der Waals surface area contributed by atoms with Gasteiger partial charge < -0.3 is 5.73 Å². The first kappa shape index (κ1) is 8.06. The maximum absolute atomic E-state index is 5.49. The molecular formula is C9H19N. The third kappa shape index (κ3) is 1.51. The minimum Gasteiger partial charge on any atom is -0.330 e. The summed E-state index contributed by atoms with van der Waals surface area (Å²) in [5.74, 6) is 2.97. The van der Waals surface area contributed by atoms with E-state index in [1.54, 1.807) is 0 Å². The van der Waals surface area contributed by atoms with E-state index in [0.717, 1.165) is 24.3 Å². The summed E-state index contributed by atoms with van der Waals surface area (Å²) in [6.07, 6.45) is 4.02. The Morgan fingerprint density at radius 3 is 2.30 bits per heavy atom. The van der Waals surface area contributed by atoms with Crippen molar-refractivity contribution in [3.8, 4) is 0 Å². The van der Waals surface area contributed by atoms with Crippen LogP contribution in [-0.4, -0.2) is 6.54 Å². The Kier molecular flexibility index (Phi) is 2.72. The first-order valence-corrected chi connectivity index (χ1v) is 4.51. The van der Waals surface area contributed by atoms with Crippen molar-refractivity contribution < 1.29 is 0 Å². The molecule has 0 saturated heterocycles. The molecule has 0 amide bonds. The van der Waals surface area contributed by atoms with Crippen molar-refractivity contribution in [2.45, 2.75) is 33.1 Å². The third-order valence-electron chi connectivity index (χ3n) is 2.88. The van der Waals surface area contributed by atoms with Gasteiger partial charge in [0, 0.05) is 0 Å². The highest BCUT2D eigenvalue weighted by Crippen LogP contribution is 2.50. The normalized spacial score (nSPS) is 38.1. The van der Waals surface area contributed by atoms with Gasteiger partial charge in [0.2, 0.25) is 0 Å². The van der Waals surface area contributed by atoms with Crippen LogP contribution in [0.4, 0.5) is 0 Å². The van der Waals surface area contributed by atoms with Gasteiger partial charge in [0.05, 0.1) is 0 Å². The molecule has 1 aliphatic carbocycles. The minimum atomic E-state index is 0.884. The van der Waals surface area contributed by atoms with Gasteiger partial charge in [0.15, 0.2) is 0 Å². The number of nitrogens with two attached hydrogens (primary N) is 1. The van der Waals surface area contributed by atoms with E-state index in [-0.39, 0.29) is 0 Å². The molecule has 10 heavy (non-hydrogen) atoms. The van der Waals surface area contributed by atoms with Crippen LogP contribution < -0.4 is 5.73 Å². The summed E-state index contributed by atoms with van der Waals surface area (Å²) in [6, 6.07) is 0. The number of hydrogen-bond acceptors (Lipinski definition) is 1. The number of hydrogen-bond donors (Lipinski definition) is 1. The van der Waals surface area contributed by atoms with E-state index >= 15 is 0 Å². The van der Waals surface area contributed by atoms with Gasteiger partial charge in [-0.1, -0.05) is 26.7 Å². The van der Waals surface area contributed by atoms with Crippen molar-refractivity contribution >= 4 is 0 Å². The van der Waals surface area contributed by atoms with Crippen LogP contribution in [0.3, 0.4) is 0 Å². The standard InChI is InChI=1S/C9H19N/c1-3-4-8-7(2)9(8)5-6-10/h7-9H,3-6,10H2,1-2H3/t7-,8+,9?/m0/s1. The molecule has 1 aliphatic rings. The summed E-state index contributed by atoms with van der Waals surface area (Å²) >= 11 is 0. The Bertz CT molecular complexity index is 88.9. The molecular weight excluding hydrogens is 122 g/mol. The van der Waals surface area contributed by atoms with Crippen molar-refractivity contribution in [3.63, 3.8) is 0 Å². The van der Waals surface area contributed by atoms with E-state index in [0.29, 0.717) is 0 Å². The lowest BCUT2D eigenvalue weighted by atomic mass is 10.2. The van der Waals surface area contributed by atoms with Gasteiger partial charge >= 0.3 is 0 Å². The first-order chi connectivity index (χ1) is 4.81. The van der Waals surface area contributed by atoms with Gasteiger partial charge in [-0.2, -0.15) is 0 Å². The van der Waals surface area contributed by atoms with Gasteiger partial charge in [-0.25, -0.2) is 0 Å². The highest BCUT2D eigenvalue weighted by atomic mass is 14.6. The summed E-state index contributed by atoms with van der Waals surface area (Å²) in [4.78, 5) is 0. The summed E-state index contributed by atoms with van der Waals surface area (Å²) in [7, 11) is 0. The maximum atomic E-state index is 5.49. The van der Waals surface area contributed by atoms with E-state index in [4.69, 9.17) is 5.73 Å². The van der Waals surface area contributed by atoms with Crippen molar-refractivity contribution in [3.05, 3.63) is 0 Å². The molecule has 0 radical (unpaired) electrons. The molecule has 0 aromatic heterocycles. The van der Waals surface area contributed by atoms with E-state index in [1.807, 2.05) is 0 Å². The highest BCUT2D eigenvalue weighted by Gasteiger charge is 2.44. The lowest BCUT2D eigenvalue weighted by Gasteiger charge is -1.93. The van der Waals surface area contributed by atoms with Crippen LogP contribution in [0.15, 0.2) is 0 Å². The van der Waals surface area contributed by atoms with Crippen molar-refractivity contribution in [1.29, 1.82) is 0 Å². The SMILES string of the molecule is CCC[C@H]1C(CCN)[C@H]1C. The van der Waals surface area contributed by atoms with Gasteiger partial charge in [-0.05, 0) is 30.7 Å². The predicted octanol–water partition coefficient (Wildman–Crippen LogP) is 2.02. The lowest BCUT2D eigenvalue weighted by molar-refractivity contribution is 0.605. The molecule has 1 saturated carbocycles. The molecule has 0 aromatic carbocycles. The fraction of sp³-hybridized carbons (Fsp3) is 1.00. The van der Waals surface area contributed by atoms with Crippen molar-refractivity contribution in [1.82, 2.24) is 0 Å². The lowest BCUT2D eigenvalue weighted by Crippen LogP contribution is -2.00. The van der Waals surface area contributed by atoms with Crippen LogP contribution in [0.1, 0.15) is 33.1 Å². The molecule has 0 spiro atoms. The Labute approximate surface area is 64.0 Å². The van der Waals surface area contributed by atoms with Crippen LogP contribution in [0.5, 0.6) is 0 Å². The molecule has 0 aromatic rings. The molecule has 1 heteroatoms. The second-order valence-corrected chi connectivity index (χ2v) is 3.55. The molecule has 3 atom stereocenters. The molecule has 1 nitrogen and oxygen atoms in total. The zero-order valence-corrected chi connectivity index (χ0v) is 7.14. The summed E-state index contributed by atoms with van der Waals surface area (Å²) < 4.78 is 0. The van der Waals surface area contributed by atoms with Crippen LogP contribution in [0.25, 0.3) is 0 Å². The topological polar surface area (TPSA) is 26.0 Å². The minimum absolute atomic E-state index is 0.884. The Morgan fingerprint density at radius 1 is 1.20 bits per heavy atom. The molecule has 1 fully saturated rings. The second-order valence-electron chi connectivity index (χ2n) is 3.55. The quantitative estimate of drug-likeness (QED) is 0.637. The van der Waals surface area contributed by atoms with E-state index in [2.05, 4.69) is 13.8 Å². The molecule has 60 valence electrons. The molecule has 2 N–H and O–H groups in total. The maximum Gasteiger partial charge on any atom is -0.00744 e. The average Bonchev–Trinajstić information content (AvgIpc) is 2.48. The largest absolute Gasteiger partial charge is 0.330 e. The smallest absolute Gasteiger partial charge is 0.00744 e. The monoisotopic (exact) mass is 141 g/mol. The molecule has 1 unspecified atom stereocenters. The Hall–Kier alpha value is -0.0400. The highest BCUT2D eigenvalue weighted by molar-refractivity contribution is 4.93. The van der Waals surface area contributed by atoms with E-state index in [1.165, 1.54) is 19.3 Å². The number of rotatable bonds is 4. The van der Waals surface area contributed by atoms with Crippen molar-refractivity contribution in [2.24, 2.45) is 23.5 Å². The van der Waals surface area contributed by atoms with E-state index in [9.17, 15) is 0 Å². The second kappa shape index (κ2) is 3.38. The zero-order valence-electron chi connectivity index (χ0n) is 7.14. The van der Waals surface area contributed by atoms with Gasteiger partial charge in [0.1, 0.15) is 0 Å². The Balaban J connectivity index is 2.14. The third-order valence-corrected chi connectivity index (χ3v) is 2.88. The molecule has 0 heterocycles. The van der Waals surface area contributed by atoms with Crippen LogP contribution in [-0.2, 0) is 0 Å². The summed E-state index contributed by atoms with van der Waals surface area (Å²) in [6.45, 7) is 5.51. The Morgan fingerprint density at radius 2 is 1.80 bits per heavy atom. The zero-order chi connectivity index (χ0) is 7.56.